The van der Waals surface area contributed by atoms with E-state index >= 15 is 0 Å². The molecule has 1 amide bonds. The average Bonchev–Trinajstić information content (AvgIpc) is 3.08. The Bertz CT molecular complexity index is 1030. The third-order valence-electron chi connectivity index (χ3n) is 3.95. The number of hydrogen-bond donors (Lipinski definition) is 1. The standard InChI is InChI=1S/C17H20N4O3S2/c1-8(2)21-16(23)14-10(4)11(5)26-15(14)19-17(21)25-7-13(22)18-12-6-9(3)24-20-12/h6,8H,7H2,1-5H3,(H,18,20,22). The lowest BCUT2D eigenvalue weighted by molar-refractivity contribution is -0.113. The highest BCUT2D eigenvalue weighted by Gasteiger charge is 2.19. The van der Waals surface area contributed by atoms with Gasteiger partial charge in [-0.15, -0.1) is 11.3 Å². The Morgan fingerprint density at radius 3 is 2.73 bits per heavy atom. The molecule has 0 spiro atoms. The van der Waals surface area contributed by atoms with E-state index in [4.69, 9.17) is 4.52 Å². The average molecular weight is 393 g/mol. The van der Waals surface area contributed by atoms with Crippen LogP contribution in [-0.4, -0.2) is 26.4 Å². The highest BCUT2D eigenvalue weighted by molar-refractivity contribution is 7.99. The number of nitrogens with one attached hydrogen (secondary N) is 1. The Balaban J connectivity index is 1.88. The fraction of sp³-hybridized carbons (Fsp3) is 0.412. The van der Waals surface area contributed by atoms with E-state index < -0.39 is 0 Å². The van der Waals surface area contributed by atoms with Gasteiger partial charge < -0.3 is 9.84 Å². The molecule has 0 aliphatic rings. The van der Waals surface area contributed by atoms with Crippen LogP contribution in [-0.2, 0) is 4.79 Å². The first kappa shape index (κ1) is 18.7. The highest BCUT2D eigenvalue weighted by Crippen LogP contribution is 2.29. The Labute approximate surface area is 158 Å². The van der Waals surface area contributed by atoms with Gasteiger partial charge in [0.15, 0.2) is 11.0 Å². The molecule has 3 aromatic heterocycles. The van der Waals surface area contributed by atoms with Gasteiger partial charge >= 0.3 is 0 Å². The van der Waals surface area contributed by atoms with Gasteiger partial charge in [0.1, 0.15) is 10.6 Å². The van der Waals surface area contributed by atoms with E-state index in [0.717, 1.165) is 15.3 Å². The van der Waals surface area contributed by atoms with E-state index in [9.17, 15) is 9.59 Å². The van der Waals surface area contributed by atoms with Crippen LogP contribution in [0.15, 0.2) is 20.5 Å². The zero-order chi connectivity index (χ0) is 19.0. The van der Waals surface area contributed by atoms with Crippen molar-refractivity contribution in [2.24, 2.45) is 0 Å². The summed E-state index contributed by atoms with van der Waals surface area (Å²) in [4.78, 5) is 31.6. The number of carbonyl (C=O) groups is 1. The molecular formula is C17H20N4O3S2. The minimum Gasteiger partial charge on any atom is -0.360 e. The molecule has 0 unspecified atom stereocenters. The fourth-order valence-electron chi connectivity index (χ4n) is 2.58. The van der Waals surface area contributed by atoms with Crippen molar-refractivity contribution in [3.8, 4) is 0 Å². The van der Waals surface area contributed by atoms with E-state index in [-0.39, 0.29) is 23.3 Å². The monoisotopic (exact) mass is 392 g/mol. The summed E-state index contributed by atoms with van der Waals surface area (Å²) in [6.07, 6.45) is 0. The van der Waals surface area contributed by atoms with Crippen LogP contribution in [0.4, 0.5) is 5.82 Å². The number of amides is 1. The maximum atomic E-state index is 13.0. The van der Waals surface area contributed by atoms with E-state index in [0.29, 0.717) is 22.1 Å². The summed E-state index contributed by atoms with van der Waals surface area (Å²) in [6.45, 7) is 9.56. The fourth-order valence-corrected chi connectivity index (χ4v) is 4.58. The van der Waals surface area contributed by atoms with Crippen LogP contribution in [0.1, 0.15) is 36.1 Å². The van der Waals surface area contributed by atoms with E-state index in [1.54, 1.807) is 17.6 Å². The Kier molecular flexibility index (Phi) is 5.19. The second-order valence-corrected chi connectivity index (χ2v) is 8.43. The second kappa shape index (κ2) is 7.24. The van der Waals surface area contributed by atoms with Gasteiger partial charge in [0, 0.05) is 17.0 Å². The summed E-state index contributed by atoms with van der Waals surface area (Å²) in [5.41, 5.74) is 0.925. The molecule has 7 nitrogen and oxygen atoms in total. The Morgan fingerprint density at radius 1 is 1.38 bits per heavy atom. The number of rotatable bonds is 5. The van der Waals surface area contributed by atoms with Crippen molar-refractivity contribution in [3.05, 3.63) is 32.6 Å². The molecule has 0 radical (unpaired) electrons. The van der Waals surface area contributed by atoms with Crippen molar-refractivity contribution in [1.82, 2.24) is 14.7 Å². The van der Waals surface area contributed by atoms with Crippen molar-refractivity contribution in [1.29, 1.82) is 0 Å². The van der Waals surface area contributed by atoms with Crippen molar-refractivity contribution in [3.63, 3.8) is 0 Å². The maximum Gasteiger partial charge on any atom is 0.263 e. The van der Waals surface area contributed by atoms with Crippen LogP contribution < -0.4 is 10.9 Å². The molecule has 0 bridgehead atoms. The molecule has 0 saturated heterocycles. The molecule has 0 aliphatic heterocycles. The number of thioether (sulfide) groups is 1. The van der Waals surface area contributed by atoms with Gasteiger partial charge in [0.2, 0.25) is 5.91 Å². The summed E-state index contributed by atoms with van der Waals surface area (Å²) < 4.78 is 6.58. The Morgan fingerprint density at radius 2 is 2.12 bits per heavy atom. The molecule has 0 fully saturated rings. The van der Waals surface area contributed by atoms with Crippen LogP contribution in [0.2, 0.25) is 0 Å². The smallest absolute Gasteiger partial charge is 0.263 e. The predicted octanol–water partition coefficient (Wildman–Crippen LogP) is 3.68. The maximum absolute atomic E-state index is 13.0. The van der Waals surface area contributed by atoms with Gasteiger partial charge in [0.05, 0.1) is 11.1 Å². The van der Waals surface area contributed by atoms with Crippen LogP contribution in [0.25, 0.3) is 10.2 Å². The molecule has 0 aliphatic carbocycles. The van der Waals surface area contributed by atoms with Gasteiger partial charge in [-0.25, -0.2) is 4.98 Å². The van der Waals surface area contributed by atoms with E-state index in [2.05, 4.69) is 15.5 Å². The summed E-state index contributed by atoms with van der Waals surface area (Å²) >= 11 is 2.75. The lowest BCUT2D eigenvalue weighted by Gasteiger charge is -2.15. The molecule has 138 valence electrons. The normalized spacial score (nSPS) is 11.5. The number of carbonyl (C=O) groups excluding carboxylic acids is 1. The third kappa shape index (κ3) is 3.54. The number of fused-ring (bicyclic) bond motifs is 1. The summed E-state index contributed by atoms with van der Waals surface area (Å²) in [6, 6.07) is 1.59. The van der Waals surface area contributed by atoms with Crippen LogP contribution in [0.3, 0.4) is 0 Å². The van der Waals surface area contributed by atoms with Crippen LogP contribution in [0, 0.1) is 20.8 Å². The van der Waals surface area contributed by atoms with E-state index in [1.807, 2.05) is 27.7 Å². The summed E-state index contributed by atoms with van der Waals surface area (Å²) in [7, 11) is 0. The molecule has 0 aromatic carbocycles. The van der Waals surface area contributed by atoms with Gasteiger partial charge in [0.25, 0.3) is 5.56 Å². The van der Waals surface area contributed by atoms with E-state index in [1.165, 1.54) is 23.1 Å². The second-order valence-electron chi connectivity index (χ2n) is 6.29. The van der Waals surface area contributed by atoms with Crippen molar-refractivity contribution in [2.75, 3.05) is 11.1 Å². The minimum atomic E-state index is -0.230. The van der Waals surface area contributed by atoms with Gasteiger partial charge in [-0.3, -0.25) is 14.2 Å². The third-order valence-corrected chi connectivity index (χ3v) is 6.00. The number of nitrogens with zero attached hydrogens (tertiary/aromatic N) is 3. The molecule has 9 heteroatoms. The lowest BCUT2D eigenvalue weighted by atomic mass is 10.2. The molecule has 3 aromatic rings. The summed E-state index contributed by atoms with van der Waals surface area (Å²) in [5.74, 6) is 0.894. The molecule has 0 saturated carbocycles. The largest absolute Gasteiger partial charge is 0.360 e. The van der Waals surface area contributed by atoms with Crippen molar-refractivity contribution in [2.45, 2.75) is 45.8 Å². The molecule has 3 rings (SSSR count). The van der Waals surface area contributed by atoms with Crippen molar-refractivity contribution < 1.29 is 9.32 Å². The minimum absolute atomic E-state index is 0.0530. The first-order valence-corrected chi connectivity index (χ1v) is 9.96. The predicted molar refractivity (Wildman–Crippen MR) is 104 cm³/mol. The molecule has 26 heavy (non-hydrogen) atoms. The quantitative estimate of drug-likeness (QED) is 0.526. The lowest BCUT2D eigenvalue weighted by Crippen LogP contribution is -2.25. The number of thiophene rings is 1. The molecule has 3 heterocycles. The van der Waals surface area contributed by atoms with Crippen molar-refractivity contribution >= 4 is 45.0 Å². The topological polar surface area (TPSA) is 90.0 Å². The number of anilines is 1. The molecule has 1 N–H and O–H groups in total. The van der Waals surface area contributed by atoms with Gasteiger partial charge in [-0.1, -0.05) is 16.9 Å². The van der Waals surface area contributed by atoms with Gasteiger partial charge in [-0.2, -0.15) is 0 Å². The number of hydrogen-bond acceptors (Lipinski definition) is 7. The van der Waals surface area contributed by atoms with Crippen LogP contribution in [0.5, 0.6) is 0 Å². The first-order valence-electron chi connectivity index (χ1n) is 8.16. The van der Waals surface area contributed by atoms with Crippen LogP contribution >= 0.6 is 23.1 Å². The zero-order valence-electron chi connectivity index (χ0n) is 15.2. The SMILES string of the molecule is Cc1cc(NC(=O)CSc2nc3sc(C)c(C)c3c(=O)n2C(C)C)no1. The Hall–Kier alpha value is -2.13. The zero-order valence-corrected chi connectivity index (χ0v) is 16.9. The first-order chi connectivity index (χ1) is 12.3. The molecule has 0 atom stereocenters. The summed E-state index contributed by atoms with van der Waals surface area (Å²) in [5, 5.41) is 7.63. The van der Waals surface area contributed by atoms with Gasteiger partial charge in [-0.05, 0) is 40.2 Å². The highest BCUT2D eigenvalue weighted by atomic mass is 32.2. The number of aromatic nitrogens is 3. The molecular weight excluding hydrogens is 372 g/mol. The number of aryl methyl sites for hydroxylation is 3.